The molecule has 0 aromatic heterocycles. The van der Waals surface area contributed by atoms with Crippen LogP contribution in [0.3, 0.4) is 0 Å². The van der Waals surface area contributed by atoms with E-state index in [1.807, 2.05) is 0 Å². The second-order valence-corrected chi connectivity index (χ2v) is 5.42. The lowest BCUT2D eigenvalue weighted by molar-refractivity contribution is 0.104. The van der Waals surface area contributed by atoms with Gasteiger partial charge in [-0.05, 0) is 57.9 Å². The highest BCUT2D eigenvalue weighted by molar-refractivity contribution is 9.10. The lowest BCUT2D eigenvalue weighted by Gasteiger charge is -2.01. The van der Waals surface area contributed by atoms with Crippen LogP contribution < -0.4 is 9.47 Å². The van der Waals surface area contributed by atoms with Crippen molar-refractivity contribution in [2.24, 2.45) is 0 Å². The van der Waals surface area contributed by atoms with Crippen LogP contribution in [0.2, 0.25) is 0 Å². The molecule has 0 bridgehead atoms. The summed E-state index contributed by atoms with van der Waals surface area (Å²) in [5, 5.41) is 0. The van der Waals surface area contributed by atoms with Crippen molar-refractivity contribution in [1.82, 2.24) is 0 Å². The normalized spacial score (nSPS) is 12.9. The average Bonchev–Trinajstić information content (AvgIpc) is 2.96. The van der Waals surface area contributed by atoms with Gasteiger partial charge in [0.1, 0.15) is 0 Å². The molecule has 0 spiro atoms. The number of allylic oxidation sites excluding steroid dienone is 1. The number of carbonyl (C=O) groups excluding carboxylic acids is 1. The van der Waals surface area contributed by atoms with Crippen LogP contribution >= 0.6 is 15.9 Å². The van der Waals surface area contributed by atoms with Gasteiger partial charge >= 0.3 is 0 Å². The summed E-state index contributed by atoms with van der Waals surface area (Å²) in [4.78, 5) is 12.0. The number of rotatable bonds is 3. The van der Waals surface area contributed by atoms with Gasteiger partial charge in [-0.1, -0.05) is 6.08 Å². The third-order valence-electron chi connectivity index (χ3n) is 3.08. The Morgan fingerprint density at radius 1 is 1.14 bits per heavy atom. The molecule has 22 heavy (non-hydrogen) atoms. The van der Waals surface area contributed by atoms with Crippen molar-refractivity contribution in [3.63, 3.8) is 0 Å². The number of hydrogen-bond acceptors (Lipinski definition) is 3. The van der Waals surface area contributed by atoms with Crippen LogP contribution in [0.5, 0.6) is 11.5 Å². The maximum atomic E-state index is 13.1. The molecule has 0 fully saturated rings. The van der Waals surface area contributed by atoms with E-state index in [0.29, 0.717) is 21.5 Å². The summed E-state index contributed by atoms with van der Waals surface area (Å²) in [5.41, 5.74) is 0.794. The van der Waals surface area contributed by atoms with Gasteiger partial charge in [-0.15, -0.1) is 0 Å². The van der Waals surface area contributed by atoms with Gasteiger partial charge in [-0.3, -0.25) is 4.79 Å². The molecular formula is C16H9BrF2O3. The van der Waals surface area contributed by atoms with Gasteiger partial charge in [0.25, 0.3) is 0 Å². The Morgan fingerprint density at radius 2 is 1.95 bits per heavy atom. The van der Waals surface area contributed by atoms with Crippen molar-refractivity contribution in [3.8, 4) is 11.5 Å². The minimum atomic E-state index is -1.05. The molecule has 0 unspecified atom stereocenters. The zero-order valence-corrected chi connectivity index (χ0v) is 12.7. The molecule has 6 heteroatoms. The van der Waals surface area contributed by atoms with E-state index in [-0.39, 0.29) is 12.4 Å². The Bertz CT molecular complexity index is 787. The Labute approximate surface area is 133 Å². The van der Waals surface area contributed by atoms with Gasteiger partial charge in [-0.25, -0.2) is 8.78 Å². The second kappa shape index (κ2) is 5.88. The van der Waals surface area contributed by atoms with Gasteiger partial charge in [-0.2, -0.15) is 0 Å². The van der Waals surface area contributed by atoms with E-state index in [2.05, 4.69) is 15.9 Å². The molecule has 1 aliphatic heterocycles. The first-order valence-electron chi connectivity index (χ1n) is 6.31. The van der Waals surface area contributed by atoms with Crippen molar-refractivity contribution in [2.45, 2.75) is 0 Å². The molecular weight excluding hydrogens is 358 g/mol. The van der Waals surface area contributed by atoms with Crippen LogP contribution in [0, 0.1) is 11.6 Å². The molecule has 112 valence electrons. The van der Waals surface area contributed by atoms with Crippen LogP contribution in [0.4, 0.5) is 8.78 Å². The van der Waals surface area contributed by atoms with Crippen LogP contribution in [-0.2, 0) is 0 Å². The zero-order valence-electron chi connectivity index (χ0n) is 11.1. The van der Waals surface area contributed by atoms with Gasteiger partial charge < -0.3 is 9.47 Å². The first-order valence-corrected chi connectivity index (χ1v) is 7.10. The van der Waals surface area contributed by atoms with E-state index in [1.54, 1.807) is 18.2 Å². The molecule has 1 aliphatic rings. The standard InChI is InChI=1S/C16H9BrF2O3/c17-11-5-9(6-15-16(11)22-8-21-15)1-4-14(20)10-2-3-12(18)13(19)7-10/h1-7H,8H2/b4-1+. The number of ether oxygens (including phenoxy) is 2. The number of fused-ring (bicyclic) bond motifs is 1. The van der Waals surface area contributed by atoms with E-state index in [9.17, 15) is 13.6 Å². The number of hydrogen-bond donors (Lipinski definition) is 0. The Hall–Kier alpha value is -2.21. The predicted molar refractivity (Wildman–Crippen MR) is 80.0 cm³/mol. The molecule has 2 aromatic carbocycles. The van der Waals surface area contributed by atoms with E-state index >= 15 is 0 Å². The van der Waals surface area contributed by atoms with E-state index < -0.39 is 17.4 Å². The third kappa shape index (κ3) is 2.87. The predicted octanol–water partition coefficient (Wildman–Crippen LogP) is 4.35. The zero-order chi connectivity index (χ0) is 15.7. The first kappa shape index (κ1) is 14.7. The third-order valence-corrected chi connectivity index (χ3v) is 3.67. The fourth-order valence-corrected chi connectivity index (χ4v) is 2.58. The molecule has 3 nitrogen and oxygen atoms in total. The molecule has 0 saturated heterocycles. The fraction of sp³-hybridized carbons (Fsp3) is 0.0625. The summed E-state index contributed by atoms with van der Waals surface area (Å²) < 4.78 is 37.2. The molecule has 0 saturated carbocycles. The maximum absolute atomic E-state index is 13.1. The fourth-order valence-electron chi connectivity index (χ4n) is 2.00. The molecule has 0 aliphatic carbocycles. The molecule has 0 atom stereocenters. The first-order chi connectivity index (χ1) is 10.5. The second-order valence-electron chi connectivity index (χ2n) is 4.56. The Morgan fingerprint density at radius 3 is 2.73 bits per heavy atom. The average molecular weight is 367 g/mol. The SMILES string of the molecule is O=C(/C=C/c1cc(Br)c2c(c1)OCO2)c1ccc(F)c(F)c1. The van der Waals surface area contributed by atoms with Crippen LogP contribution in [-0.4, -0.2) is 12.6 Å². The number of benzene rings is 2. The highest BCUT2D eigenvalue weighted by Gasteiger charge is 2.17. The number of halogens is 3. The van der Waals surface area contributed by atoms with Gasteiger partial charge in [0.2, 0.25) is 6.79 Å². The quantitative estimate of drug-likeness (QED) is 0.598. The highest BCUT2D eigenvalue weighted by atomic mass is 79.9. The molecule has 2 aromatic rings. The van der Waals surface area contributed by atoms with Gasteiger partial charge in [0.05, 0.1) is 4.47 Å². The minimum absolute atomic E-state index is 0.0787. The maximum Gasteiger partial charge on any atom is 0.231 e. The largest absolute Gasteiger partial charge is 0.454 e. The van der Waals surface area contributed by atoms with Gasteiger partial charge in [0.15, 0.2) is 28.9 Å². The van der Waals surface area contributed by atoms with E-state index in [4.69, 9.17) is 9.47 Å². The molecule has 0 N–H and O–H groups in total. The topological polar surface area (TPSA) is 35.5 Å². The smallest absolute Gasteiger partial charge is 0.231 e. The van der Waals surface area contributed by atoms with E-state index in [0.717, 1.165) is 12.1 Å². The summed E-state index contributed by atoms with van der Waals surface area (Å²) in [6, 6.07) is 6.52. The molecule has 3 rings (SSSR count). The number of ketones is 1. The molecule has 0 amide bonds. The lowest BCUT2D eigenvalue weighted by atomic mass is 10.1. The van der Waals surface area contributed by atoms with Crippen molar-refractivity contribution in [2.75, 3.05) is 6.79 Å². The Kier molecular flexibility index (Phi) is 3.94. The summed E-state index contributed by atoms with van der Waals surface area (Å²) >= 11 is 3.35. The lowest BCUT2D eigenvalue weighted by Crippen LogP contribution is -1.96. The van der Waals surface area contributed by atoms with Crippen molar-refractivity contribution in [3.05, 3.63) is 63.6 Å². The van der Waals surface area contributed by atoms with Crippen LogP contribution in [0.1, 0.15) is 15.9 Å². The molecule has 1 heterocycles. The van der Waals surface area contributed by atoms with Crippen molar-refractivity contribution in [1.29, 1.82) is 0 Å². The summed E-state index contributed by atoms with van der Waals surface area (Å²) in [6.45, 7) is 0.148. The van der Waals surface area contributed by atoms with Gasteiger partial charge in [0, 0.05) is 5.56 Å². The summed E-state index contributed by atoms with van der Waals surface area (Å²) in [6.07, 6.45) is 2.85. The van der Waals surface area contributed by atoms with Crippen LogP contribution in [0.25, 0.3) is 6.08 Å². The Balaban J connectivity index is 1.83. The van der Waals surface area contributed by atoms with E-state index in [1.165, 1.54) is 12.1 Å². The van der Waals surface area contributed by atoms with Crippen molar-refractivity contribution < 1.29 is 23.0 Å². The minimum Gasteiger partial charge on any atom is -0.454 e. The van der Waals surface area contributed by atoms with Crippen molar-refractivity contribution >= 4 is 27.8 Å². The summed E-state index contributed by atoms with van der Waals surface area (Å²) in [7, 11) is 0. The number of carbonyl (C=O) groups is 1. The monoisotopic (exact) mass is 366 g/mol. The molecule has 0 radical (unpaired) electrons. The summed E-state index contributed by atoms with van der Waals surface area (Å²) in [5.74, 6) is -1.27. The highest BCUT2D eigenvalue weighted by Crippen LogP contribution is 2.40. The van der Waals surface area contributed by atoms with Crippen LogP contribution in [0.15, 0.2) is 40.9 Å².